The first kappa shape index (κ1) is 21.3. The van der Waals surface area contributed by atoms with Gasteiger partial charge in [-0.15, -0.1) is 0 Å². The van der Waals surface area contributed by atoms with Crippen LogP contribution in [0, 0.1) is 11.6 Å². The molecule has 0 atom stereocenters. The Bertz CT molecular complexity index is 1090. The molecule has 4 rings (SSSR count). The number of benzene rings is 2. The zero-order chi connectivity index (χ0) is 22.0. The van der Waals surface area contributed by atoms with Gasteiger partial charge in [-0.25, -0.2) is 17.2 Å². The number of carbonyl (C=O) groups is 1. The number of piperazine rings is 1. The van der Waals surface area contributed by atoms with Crippen molar-refractivity contribution in [3.63, 3.8) is 0 Å². The summed E-state index contributed by atoms with van der Waals surface area (Å²) < 4.78 is 69.8. The molecule has 2 aromatic carbocycles. The first-order valence-corrected chi connectivity index (χ1v) is 11.0. The predicted octanol–water partition coefficient (Wildman–Crippen LogP) is 1.65. The van der Waals surface area contributed by atoms with Crippen molar-refractivity contribution in [3.8, 4) is 17.2 Å². The summed E-state index contributed by atoms with van der Waals surface area (Å²) in [5, 5.41) is 0. The van der Waals surface area contributed by atoms with Crippen LogP contribution in [0.15, 0.2) is 41.3 Å². The molecule has 0 N–H and O–H groups in total. The van der Waals surface area contributed by atoms with Gasteiger partial charge < -0.3 is 19.1 Å². The van der Waals surface area contributed by atoms with Gasteiger partial charge in [-0.2, -0.15) is 4.31 Å². The van der Waals surface area contributed by atoms with Crippen molar-refractivity contribution >= 4 is 15.9 Å². The molecule has 0 spiro atoms. The molecule has 0 bridgehead atoms. The number of carbonyl (C=O) groups excluding carboxylic acids is 1. The third-order valence-corrected chi connectivity index (χ3v) is 6.88. The normalized spacial score (nSPS) is 16.8. The van der Waals surface area contributed by atoms with Crippen molar-refractivity contribution in [1.29, 1.82) is 0 Å². The number of halogens is 2. The Morgan fingerprint density at radius 2 is 1.68 bits per heavy atom. The molecule has 0 aliphatic carbocycles. The largest absolute Gasteiger partial charge is 0.486 e. The van der Waals surface area contributed by atoms with E-state index in [0.717, 1.165) is 12.1 Å². The third kappa shape index (κ3) is 4.57. The molecule has 8 nitrogen and oxygen atoms in total. The Morgan fingerprint density at radius 1 is 0.968 bits per heavy atom. The Kier molecular flexibility index (Phi) is 5.96. The predicted molar refractivity (Wildman–Crippen MR) is 105 cm³/mol. The SMILES string of the molecule is O=C(COc1ccc(F)cc1F)N1CCN(S(=O)(=O)c2ccc3c(c2)OCCO3)CC1. The third-order valence-electron chi connectivity index (χ3n) is 4.99. The zero-order valence-corrected chi connectivity index (χ0v) is 17.2. The van der Waals surface area contributed by atoms with E-state index in [4.69, 9.17) is 14.2 Å². The number of amides is 1. The van der Waals surface area contributed by atoms with E-state index in [2.05, 4.69) is 0 Å². The number of hydrogen-bond donors (Lipinski definition) is 0. The average molecular weight is 454 g/mol. The molecule has 1 fully saturated rings. The van der Waals surface area contributed by atoms with Crippen molar-refractivity contribution in [3.05, 3.63) is 48.0 Å². The van der Waals surface area contributed by atoms with Gasteiger partial charge in [-0.3, -0.25) is 4.79 Å². The average Bonchev–Trinajstić information content (AvgIpc) is 2.78. The van der Waals surface area contributed by atoms with E-state index < -0.39 is 34.2 Å². The highest BCUT2D eigenvalue weighted by molar-refractivity contribution is 7.89. The smallest absolute Gasteiger partial charge is 0.260 e. The Hall–Kier alpha value is -2.92. The minimum atomic E-state index is -3.77. The van der Waals surface area contributed by atoms with Crippen LogP contribution < -0.4 is 14.2 Å². The van der Waals surface area contributed by atoms with Gasteiger partial charge in [0.1, 0.15) is 19.0 Å². The quantitative estimate of drug-likeness (QED) is 0.683. The van der Waals surface area contributed by atoms with Gasteiger partial charge in [0.15, 0.2) is 29.7 Å². The highest BCUT2D eigenvalue weighted by Crippen LogP contribution is 2.33. The zero-order valence-electron chi connectivity index (χ0n) is 16.4. The molecule has 2 aromatic rings. The first-order chi connectivity index (χ1) is 14.8. The van der Waals surface area contributed by atoms with Crippen LogP contribution in [0.25, 0.3) is 0 Å². The lowest BCUT2D eigenvalue weighted by Gasteiger charge is -2.34. The summed E-state index contributed by atoms with van der Waals surface area (Å²) >= 11 is 0. The van der Waals surface area contributed by atoms with Gasteiger partial charge >= 0.3 is 0 Å². The highest BCUT2D eigenvalue weighted by Gasteiger charge is 2.31. The first-order valence-electron chi connectivity index (χ1n) is 9.60. The summed E-state index contributed by atoms with van der Waals surface area (Å²) in [5.74, 6) is -1.41. The minimum absolute atomic E-state index is 0.0895. The van der Waals surface area contributed by atoms with Crippen molar-refractivity contribution < 1.29 is 36.2 Å². The van der Waals surface area contributed by atoms with E-state index in [1.807, 2.05) is 0 Å². The van der Waals surface area contributed by atoms with Gasteiger partial charge in [0, 0.05) is 38.3 Å². The number of rotatable bonds is 5. The fraction of sp³-hybridized carbons (Fsp3) is 0.350. The van der Waals surface area contributed by atoms with Crippen molar-refractivity contribution in [2.24, 2.45) is 0 Å². The Labute approximate surface area is 178 Å². The van der Waals surface area contributed by atoms with Crippen LogP contribution in [0.4, 0.5) is 8.78 Å². The molecule has 11 heteroatoms. The molecule has 0 aromatic heterocycles. The fourth-order valence-corrected chi connectivity index (χ4v) is 4.77. The molecular formula is C20H20F2N2O6S. The molecule has 1 saturated heterocycles. The van der Waals surface area contributed by atoms with Crippen LogP contribution >= 0.6 is 0 Å². The summed E-state index contributed by atoms with van der Waals surface area (Å²) in [4.78, 5) is 13.9. The van der Waals surface area contributed by atoms with Crippen molar-refractivity contribution in [2.45, 2.75) is 4.90 Å². The van der Waals surface area contributed by atoms with Crippen LogP contribution in [0.2, 0.25) is 0 Å². The summed E-state index contributed by atoms with van der Waals surface area (Å²) in [6.07, 6.45) is 0. The summed E-state index contributed by atoms with van der Waals surface area (Å²) in [5.41, 5.74) is 0. The number of hydrogen-bond acceptors (Lipinski definition) is 6. The molecule has 31 heavy (non-hydrogen) atoms. The van der Waals surface area contributed by atoms with E-state index in [1.54, 1.807) is 6.07 Å². The molecule has 0 radical (unpaired) electrons. The van der Waals surface area contributed by atoms with Crippen LogP contribution in [0.1, 0.15) is 0 Å². The second-order valence-electron chi connectivity index (χ2n) is 6.95. The van der Waals surface area contributed by atoms with Gasteiger partial charge in [-0.05, 0) is 24.3 Å². The number of ether oxygens (including phenoxy) is 3. The van der Waals surface area contributed by atoms with Crippen LogP contribution in [-0.4, -0.2) is 69.5 Å². The summed E-state index contributed by atoms with van der Waals surface area (Å²) in [6, 6.07) is 7.27. The van der Waals surface area contributed by atoms with Gasteiger partial charge in [0.05, 0.1) is 4.90 Å². The van der Waals surface area contributed by atoms with Gasteiger partial charge in [-0.1, -0.05) is 0 Å². The monoisotopic (exact) mass is 454 g/mol. The molecule has 1 amide bonds. The highest BCUT2D eigenvalue weighted by atomic mass is 32.2. The van der Waals surface area contributed by atoms with Gasteiger partial charge in [0.2, 0.25) is 10.0 Å². The number of nitrogens with zero attached hydrogens (tertiary/aromatic N) is 2. The molecule has 166 valence electrons. The molecule has 2 aliphatic heterocycles. The molecular weight excluding hydrogens is 434 g/mol. The van der Waals surface area contributed by atoms with E-state index in [-0.39, 0.29) is 36.8 Å². The van der Waals surface area contributed by atoms with Crippen molar-refractivity contribution in [1.82, 2.24) is 9.21 Å². The second kappa shape index (κ2) is 8.67. The van der Waals surface area contributed by atoms with Crippen LogP contribution in [-0.2, 0) is 14.8 Å². The Balaban J connectivity index is 1.35. The van der Waals surface area contributed by atoms with Crippen LogP contribution in [0.5, 0.6) is 17.2 Å². The maximum atomic E-state index is 13.6. The lowest BCUT2D eigenvalue weighted by atomic mass is 10.3. The van der Waals surface area contributed by atoms with E-state index in [9.17, 15) is 22.0 Å². The lowest BCUT2D eigenvalue weighted by Crippen LogP contribution is -2.51. The van der Waals surface area contributed by atoms with E-state index >= 15 is 0 Å². The second-order valence-corrected chi connectivity index (χ2v) is 8.89. The fourth-order valence-electron chi connectivity index (χ4n) is 3.33. The van der Waals surface area contributed by atoms with E-state index in [1.165, 1.54) is 21.3 Å². The molecule has 2 heterocycles. The Morgan fingerprint density at radius 3 is 2.39 bits per heavy atom. The number of sulfonamides is 1. The maximum Gasteiger partial charge on any atom is 0.260 e. The lowest BCUT2D eigenvalue weighted by molar-refractivity contribution is -0.134. The molecule has 0 saturated carbocycles. The van der Waals surface area contributed by atoms with E-state index in [0.29, 0.717) is 30.8 Å². The molecule has 0 unspecified atom stereocenters. The van der Waals surface area contributed by atoms with Crippen LogP contribution in [0.3, 0.4) is 0 Å². The van der Waals surface area contributed by atoms with Crippen molar-refractivity contribution in [2.75, 3.05) is 46.0 Å². The summed E-state index contributed by atoms with van der Waals surface area (Å²) in [6.45, 7) is 0.863. The number of fused-ring (bicyclic) bond motifs is 1. The maximum absolute atomic E-state index is 13.6. The minimum Gasteiger partial charge on any atom is -0.486 e. The standard InChI is InChI=1S/C20H20F2N2O6S/c21-14-1-3-17(16(22)11-14)30-13-20(25)23-5-7-24(8-6-23)31(26,27)15-2-4-18-19(12-15)29-10-9-28-18/h1-4,11-12H,5-10,13H2. The summed E-state index contributed by atoms with van der Waals surface area (Å²) in [7, 11) is -3.77. The van der Waals surface area contributed by atoms with Gasteiger partial charge in [0.25, 0.3) is 5.91 Å². The topological polar surface area (TPSA) is 85.4 Å². The molecule has 2 aliphatic rings.